The van der Waals surface area contributed by atoms with Gasteiger partial charge >= 0.3 is 0 Å². The number of hydrogen-bond acceptors (Lipinski definition) is 3. The lowest BCUT2D eigenvalue weighted by Gasteiger charge is -2.20. The van der Waals surface area contributed by atoms with Crippen LogP contribution in [0.4, 0.5) is 0 Å². The van der Waals surface area contributed by atoms with Gasteiger partial charge in [-0.3, -0.25) is 9.89 Å². The van der Waals surface area contributed by atoms with Gasteiger partial charge in [0, 0.05) is 45.9 Å². The van der Waals surface area contributed by atoms with Gasteiger partial charge in [-0.1, -0.05) is 6.92 Å². The Morgan fingerprint density at radius 1 is 1.19 bits per heavy atom. The maximum atomic E-state index is 5.32. The van der Waals surface area contributed by atoms with Crippen LogP contribution in [0.5, 0.6) is 0 Å². The van der Waals surface area contributed by atoms with Crippen molar-refractivity contribution in [2.75, 3.05) is 46.4 Å². The van der Waals surface area contributed by atoms with E-state index < -0.39 is 0 Å². The van der Waals surface area contributed by atoms with E-state index in [1.807, 2.05) is 14.0 Å². The molecule has 0 spiro atoms. The predicted molar refractivity (Wildman–Crippen MR) is 101 cm³/mol. The zero-order valence-electron chi connectivity index (χ0n) is 13.9. The molecule has 0 unspecified atom stereocenters. The highest BCUT2D eigenvalue weighted by molar-refractivity contribution is 14.0. The summed E-state index contributed by atoms with van der Waals surface area (Å²) >= 11 is 0. The van der Waals surface area contributed by atoms with Crippen LogP contribution in [0.3, 0.4) is 0 Å². The summed E-state index contributed by atoms with van der Waals surface area (Å²) in [6, 6.07) is 0.843. The first-order valence-electron chi connectivity index (χ1n) is 8.08. The highest BCUT2D eigenvalue weighted by Crippen LogP contribution is 2.25. The molecular formula is C15H33IN4O. The fourth-order valence-electron chi connectivity index (χ4n) is 2.26. The first kappa shape index (κ1) is 20.9. The molecule has 1 saturated carbocycles. The fraction of sp³-hybridized carbons (Fsp3) is 0.933. The lowest BCUT2D eigenvalue weighted by molar-refractivity contribution is 0.143. The van der Waals surface area contributed by atoms with Crippen molar-refractivity contribution in [1.29, 1.82) is 0 Å². The Bertz CT molecular complexity index is 272. The van der Waals surface area contributed by atoms with Gasteiger partial charge in [-0.25, -0.2) is 0 Å². The van der Waals surface area contributed by atoms with Crippen LogP contribution in [-0.4, -0.2) is 63.3 Å². The molecule has 1 aliphatic carbocycles. The molecule has 0 atom stereocenters. The van der Waals surface area contributed by atoms with Crippen LogP contribution >= 0.6 is 24.0 Å². The SMILES string of the molecule is CCOCCCCNC(=NC)NCCN(CC)C1CC1.I. The molecule has 0 amide bonds. The number of nitrogens with zero attached hydrogens (tertiary/aromatic N) is 2. The second-order valence-corrected chi connectivity index (χ2v) is 5.19. The minimum Gasteiger partial charge on any atom is -0.382 e. The van der Waals surface area contributed by atoms with Crippen LogP contribution in [0.25, 0.3) is 0 Å². The summed E-state index contributed by atoms with van der Waals surface area (Å²) in [6.07, 6.45) is 4.97. The Morgan fingerprint density at radius 3 is 2.48 bits per heavy atom. The molecule has 0 aliphatic heterocycles. The van der Waals surface area contributed by atoms with E-state index in [2.05, 4.69) is 27.4 Å². The van der Waals surface area contributed by atoms with Gasteiger partial charge in [-0.15, -0.1) is 24.0 Å². The van der Waals surface area contributed by atoms with Gasteiger partial charge in [0.25, 0.3) is 0 Å². The normalized spacial score (nSPS) is 15.0. The van der Waals surface area contributed by atoms with Gasteiger partial charge in [0.2, 0.25) is 0 Å². The zero-order valence-corrected chi connectivity index (χ0v) is 16.2. The summed E-state index contributed by atoms with van der Waals surface area (Å²) in [5, 5.41) is 6.73. The molecule has 5 nitrogen and oxygen atoms in total. The van der Waals surface area contributed by atoms with E-state index >= 15 is 0 Å². The summed E-state index contributed by atoms with van der Waals surface area (Å²) in [4.78, 5) is 6.79. The van der Waals surface area contributed by atoms with Gasteiger partial charge in [0.1, 0.15) is 0 Å². The lowest BCUT2D eigenvalue weighted by Crippen LogP contribution is -2.42. The molecule has 126 valence electrons. The lowest BCUT2D eigenvalue weighted by atomic mass is 10.3. The average Bonchev–Trinajstić information content (AvgIpc) is 3.29. The summed E-state index contributed by atoms with van der Waals surface area (Å²) in [5.74, 6) is 0.910. The van der Waals surface area contributed by atoms with E-state index in [0.717, 1.165) is 64.2 Å². The number of hydrogen-bond donors (Lipinski definition) is 2. The topological polar surface area (TPSA) is 48.9 Å². The van der Waals surface area contributed by atoms with Crippen molar-refractivity contribution >= 4 is 29.9 Å². The van der Waals surface area contributed by atoms with Crippen molar-refractivity contribution < 1.29 is 4.74 Å². The average molecular weight is 412 g/mol. The van der Waals surface area contributed by atoms with Gasteiger partial charge in [0.15, 0.2) is 5.96 Å². The van der Waals surface area contributed by atoms with E-state index in [1.54, 1.807) is 0 Å². The van der Waals surface area contributed by atoms with Gasteiger partial charge in [-0.2, -0.15) is 0 Å². The van der Waals surface area contributed by atoms with E-state index in [0.29, 0.717) is 0 Å². The number of nitrogens with one attached hydrogen (secondary N) is 2. The summed E-state index contributed by atoms with van der Waals surface area (Å²) in [6.45, 7) is 10.1. The molecule has 1 rings (SSSR count). The second kappa shape index (κ2) is 13.6. The van der Waals surface area contributed by atoms with Gasteiger partial charge in [0.05, 0.1) is 0 Å². The molecule has 0 saturated heterocycles. The number of unbranched alkanes of at least 4 members (excludes halogenated alkanes) is 1. The Morgan fingerprint density at radius 2 is 1.90 bits per heavy atom. The van der Waals surface area contributed by atoms with Crippen LogP contribution in [0, 0.1) is 0 Å². The first-order chi connectivity index (χ1) is 9.81. The van der Waals surface area contributed by atoms with Crippen LogP contribution in [0.2, 0.25) is 0 Å². The summed E-state index contributed by atoms with van der Waals surface area (Å²) in [5.41, 5.74) is 0. The number of ether oxygens (including phenoxy) is 1. The first-order valence-corrected chi connectivity index (χ1v) is 8.08. The highest BCUT2D eigenvalue weighted by Gasteiger charge is 2.27. The Hall–Kier alpha value is -0.0800. The molecule has 1 aliphatic rings. The van der Waals surface area contributed by atoms with Gasteiger partial charge in [-0.05, 0) is 39.2 Å². The minimum atomic E-state index is 0. The van der Waals surface area contributed by atoms with Crippen LogP contribution in [0.1, 0.15) is 39.5 Å². The maximum Gasteiger partial charge on any atom is 0.191 e. The van der Waals surface area contributed by atoms with E-state index in [1.165, 1.54) is 12.8 Å². The maximum absolute atomic E-state index is 5.32. The van der Waals surface area contributed by atoms with Crippen molar-refractivity contribution in [3.63, 3.8) is 0 Å². The third-order valence-corrected chi connectivity index (χ3v) is 3.60. The zero-order chi connectivity index (χ0) is 14.6. The smallest absolute Gasteiger partial charge is 0.191 e. The van der Waals surface area contributed by atoms with E-state index in [4.69, 9.17) is 4.74 Å². The standard InChI is InChI=1S/C15H32N4O.HI/c1-4-19(14-8-9-14)12-11-18-15(16-3)17-10-6-7-13-20-5-2;/h14H,4-13H2,1-3H3,(H2,16,17,18);1H. The summed E-state index contributed by atoms with van der Waals surface area (Å²) in [7, 11) is 1.83. The largest absolute Gasteiger partial charge is 0.382 e. The third-order valence-electron chi connectivity index (χ3n) is 3.60. The predicted octanol–water partition coefficient (Wildman–Crippen LogP) is 2.07. The van der Waals surface area contributed by atoms with Crippen molar-refractivity contribution in [3.8, 4) is 0 Å². The molecule has 0 aromatic carbocycles. The fourth-order valence-corrected chi connectivity index (χ4v) is 2.26. The molecule has 6 heteroatoms. The molecule has 1 fully saturated rings. The molecule has 21 heavy (non-hydrogen) atoms. The van der Waals surface area contributed by atoms with Gasteiger partial charge < -0.3 is 15.4 Å². The third kappa shape index (κ3) is 10.3. The highest BCUT2D eigenvalue weighted by atomic mass is 127. The van der Waals surface area contributed by atoms with Crippen molar-refractivity contribution in [1.82, 2.24) is 15.5 Å². The monoisotopic (exact) mass is 412 g/mol. The quantitative estimate of drug-likeness (QED) is 0.236. The molecule has 0 bridgehead atoms. The van der Waals surface area contributed by atoms with Crippen LogP contribution < -0.4 is 10.6 Å². The Labute approximate surface area is 147 Å². The second-order valence-electron chi connectivity index (χ2n) is 5.19. The molecule has 0 aromatic heterocycles. The van der Waals surface area contributed by atoms with Crippen LogP contribution in [-0.2, 0) is 4.74 Å². The Balaban J connectivity index is 0.00000400. The van der Waals surface area contributed by atoms with E-state index in [9.17, 15) is 0 Å². The number of rotatable bonds is 11. The Kier molecular flexibility index (Phi) is 13.5. The number of aliphatic imine (C=N–C) groups is 1. The number of likely N-dealkylation sites (N-methyl/N-ethyl adjacent to an activating group) is 1. The molecular weight excluding hydrogens is 379 g/mol. The number of halogens is 1. The number of guanidine groups is 1. The molecule has 0 aromatic rings. The molecule has 2 N–H and O–H groups in total. The van der Waals surface area contributed by atoms with Crippen molar-refractivity contribution in [3.05, 3.63) is 0 Å². The molecule has 0 radical (unpaired) electrons. The van der Waals surface area contributed by atoms with Crippen molar-refractivity contribution in [2.45, 2.75) is 45.6 Å². The van der Waals surface area contributed by atoms with E-state index in [-0.39, 0.29) is 24.0 Å². The molecule has 0 heterocycles. The minimum absolute atomic E-state index is 0. The summed E-state index contributed by atoms with van der Waals surface area (Å²) < 4.78 is 5.32. The van der Waals surface area contributed by atoms with Crippen LogP contribution in [0.15, 0.2) is 4.99 Å². The van der Waals surface area contributed by atoms with Crippen molar-refractivity contribution in [2.24, 2.45) is 4.99 Å².